The standard InChI is InChI=1S/C19H21N5/c1-2-5-15(6-3-1)13-24-11-8-16(9-12-24)23-19-17-7-4-10-20-18(17)21-14-22-19/h1-7,10,14,16H,8-9,11-13H2,(H,20,21,22,23). The summed E-state index contributed by atoms with van der Waals surface area (Å²) in [5, 5.41) is 4.58. The topological polar surface area (TPSA) is 53.9 Å². The highest BCUT2D eigenvalue weighted by Crippen LogP contribution is 2.21. The summed E-state index contributed by atoms with van der Waals surface area (Å²) in [6.07, 6.45) is 5.60. The maximum absolute atomic E-state index is 4.41. The van der Waals surface area contributed by atoms with Crippen molar-refractivity contribution in [3.63, 3.8) is 0 Å². The van der Waals surface area contributed by atoms with E-state index in [1.807, 2.05) is 12.1 Å². The third-order valence-electron chi connectivity index (χ3n) is 4.59. The number of nitrogens with one attached hydrogen (secondary N) is 1. The average molecular weight is 319 g/mol. The molecule has 1 saturated heterocycles. The predicted octanol–water partition coefficient (Wildman–Crippen LogP) is 3.10. The SMILES string of the molecule is c1ccc(CN2CCC(Nc3ncnc4ncccc34)CC2)cc1. The van der Waals surface area contributed by atoms with Gasteiger partial charge in [-0.25, -0.2) is 15.0 Å². The third-order valence-corrected chi connectivity index (χ3v) is 4.59. The molecule has 0 saturated carbocycles. The molecule has 5 nitrogen and oxygen atoms in total. The van der Waals surface area contributed by atoms with Gasteiger partial charge in [-0.05, 0) is 30.5 Å². The van der Waals surface area contributed by atoms with Crippen LogP contribution in [0.5, 0.6) is 0 Å². The Kier molecular flexibility index (Phi) is 4.34. The molecule has 1 aliphatic heterocycles. The number of piperidine rings is 1. The Bertz CT molecular complexity index is 792. The number of rotatable bonds is 4. The monoisotopic (exact) mass is 319 g/mol. The number of likely N-dealkylation sites (tertiary alicyclic amines) is 1. The van der Waals surface area contributed by atoms with Crippen molar-refractivity contribution < 1.29 is 0 Å². The number of hydrogen-bond donors (Lipinski definition) is 1. The predicted molar refractivity (Wildman–Crippen MR) is 95.7 cm³/mol. The van der Waals surface area contributed by atoms with Crippen LogP contribution in [0.4, 0.5) is 5.82 Å². The van der Waals surface area contributed by atoms with Crippen molar-refractivity contribution in [2.45, 2.75) is 25.4 Å². The van der Waals surface area contributed by atoms with Crippen LogP contribution in [0.2, 0.25) is 0 Å². The fourth-order valence-electron chi connectivity index (χ4n) is 3.28. The molecule has 0 unspecified atom stereocenters. The lowest BCUT2D eigenvalue weighted by atomic mass is 10.0. The summed E-state index contributed by atoms with van der Waals surface area (Å²) >= 11 is 0. The zero-order valence-corrected chi connectivity index (χ0v) is 13.6. The van der Waals surface area contributed by atoms with Gasteiger partial charge in [0.15, 0.2) is 5.65 Å². The lowest BCUT2D eigenvalue weighted by Gasteiger charge is -2.32. The summed E-state index contributed by atoms with van der Waals surface area (Å²) in [5.41, 5.74) is 2.13. The van der Waals surface area contributed by atoms with Crippen LogP contribution in [0.1, 0.15) is 18.4 Å². The molecule has 0 spiro atoms. The van der Waals surface area contributed by atoms with Crippen molar-refractivity contribution in [3.8, 4) is 0 Å². The van der Waals surface area contributed by atoms with E-state index in [2.05, 4.69) is 55.5 Å². The molecule has 4 rings (SSSR count). The molecular weight excluding hydrogens is 298 g/mol. The van der Waals surface area contributed by atoms with Crippen LogP contribution in [-0.4, -0.2) is 39.0 Å². The molecule has 5 heteroatoms. The maximum Gasteiger partial charge on any atom is 0.164 e. The Morgan fingerprint density at radius 2 is 1.79 bits per heavy atom. The van der Waals surface area contributed by atoms with Gasteiger partial charge in [0.1, 0.15) is 12.1 Å². The van der Waals surface area contributed by atoms with Crippen LogP contribution >= 0.6 is 0 Å². The van der Waals surface area contributed by atoms with E-state index in [1.165, 1.54) is 5.56 Å². The fourth-order valence-corrected chi connectivity index (χ4v) is 3.28. The normalized spacial score (nSPS) is 16.3. The highest BCUT2D eigenvalue weighted by atomic mass is 15.1. The molecule has 3 aromatic rings. The Labute approximate surface area is 141 Å². The second-order valence-corrected chi connectivity index (χ2v) is 6.28. The molecule has 1 aliphatic rings. The lowest BCUT2D eigenvalue weighted by Crippen LogP contribution is -2.38. The van der Waals surface area contributed by atoms with Gasteiger partial charge in [-0.1, -0.05) is 30.3 Å². The minimum atomic E-state index is 0.454. The first kappa shape index (κ1) is 15.0. The van der Waals surface area contributed by atoms with Crippen molar-refractivity contribution in [1.82, 2.24) is 19.9 Å². The van der Waals surface area contributed by atoms with E-state index >= 15 is 0 Å². The quantitative estimate of drug-likeness (QED) is 0.801. The largest absolute Gasteiger partial charge is 0.367 e. The summed E-state index contributed by atoms with van der Waals surface area (Å²) in [6, 6.07) is 15.1. The minimum Gasteiger partial charge on any atom is -0.367 e. The van der Waals surface area contributed by atoms with Gasteiger partial charge in [-0.3, -0.25) is 4.90 Å². The van der Waals surface area contributed by atoms with Gasteiger partial charge in [0, 0.05) is 31.9 Å². The van der Waals surface area contributed by atoms with Crippen LogP contribution in [0.15, 0.2) is 55.0 Å². The van der Waals surface area contributed by atoms with Crippen molar-refractivity contribution in [2.75, 3.05) is 18.4 Å². The van der Waals surface area contributed by atoms with E-state index < -0.39 is 0 Å². The summed E-state index contributed by atoms with van der Waals surface area (Å²) in [7, 11) is 0. The first-order valence-corrected chi connectivity index (χ1v) is 8.47. The van der Waals surface area contributed by atoms with Crippen molar-refractivity contribution in [3.05, 3.63) is 60.6 Å². The van der Waals surface area contributed by atoms with Crippen molar-refractivity contribution >= 4 is 16.9 Å². The number of benzene rings is 1. The first-order valence-electron chi connectivity index (χ1n) is 8.47. The van der Waals surface area contributed by atoms with E-state index in [0.29, 0.717) is 6.04 Å². The fraction of sp³-hybridized carbons (Fsp3) is 0.316. The zero-order chi connectivity index (χ0) is 16.2. The number of anilines is 1. The van der Waals surface area contributed by atoms with Gasteiger partial charge in [-0.15, -0.1) is 0 Å². The van der Waals surface area contributed by atoms with Gasteiger partial charge < -0.3 is 5.32 Å². The minimum absolute atomic E-state index is 0.454. The number of hydrogen-bond acceptors (Lipinski definition) is 5. The van der Waals surface area contributed by atoms with Crippen LogP contribution in [0.3, 0.4) is 0 Å². The molecule has 0 amide bonds. The summed E-state index contributed by atoms with van der Waals surface area (Å²) < 4.78 is 0. The van der Waals surface area contributed by atoms with E-state index in [-0.39, 0.29) is 0 Å². The molecule has 0 bridgehead atoms. The molecule has 1 fully saturated rings. The van der Waals surface area contributed by atoms with E-state index in [1.54, 1.807) is 12.5 Å². The first-order chi connectivity index (χ1) is 11.9. The zero-order valence-electron chi connectivity index (χ0n) is 13.6. The Hall–Kier alpha value is -2.53. The molecule has 2 aromatic heterocycles. The molecule has 0 aliphatic carbocycles. The van der Waals surface area contributed by atoms with Gasteiger partial charge >= 0.3 is 0 Å². The van der Waals surface area contributed by atoms with Gasteiger partial charge in [0.25, 0.3) is 0 Å². The van der Waals surface area contributed by atoms with E-state index in [9.17, 15) is 0 Å². The van der Waals surface area contributed by atoms with E-state index in [0.717, 1.165) is 49.3 Å². The lowest BCUT2D eigenvalue weighted by molar-refractivity contribution is 0.211. The Morgan fingerprint density at radius 3 is 2.62 bits per heavy atom. The summed E-state index contributed by atoms with van der Waals surface area (Å²) in [4.78, 5) is 15.5. The smallest absolute Gasteiger partial charge is 0.164 e. The van der Waals surface area contributed by atoms with Crippen molar-refractivity contribution in [1.29, 1.82) is 0 Å². The van der Waals surface area contributed by atoms with Crippen LogP contribution in [0, 0.1) is 0 Å². The highest BCUT2D eigenvalue weighted by Gasteiger charge is 2.20. The number of fused-ring (bicyclic) bond motifs is 1. The highest BCUT2D eigenvalue weighted by molar-refractivity contribution is 5.85. The van der Waals surface area contributed by atoms with Gasteiger partial charge in [-0.2, -0.15) is 0 Å². The number of nitrogens with zero attached hydrogens (tertiary/aromatic N) is 4. The maximum atomic E-state index is 4.41. The average Bonchev–Trinajstić information content (AvgIpc) is 2.65. The molecule has 1 aromatic carbocycles. The molecular formula is C19H21N5. The van der Waals surface area contributed by atoms with Gasteiger partial charge in [0.05, 0.1) is 5.39 Å². The molecule has 0 radical (unpaired) electrons. The third kappa shape index (κ3) is 3.36. The second kappa shape index (κ2) is 6.93. The van der Waals surface area contributed by atoms with Crippen LogP contribution in [0.25, 0.3) is 11.0 Å². The molecule has 3 heterocycles. The molecule has 0 atom stereocenters. The molecule has 24 heavy (non-hydrogen) atoms. The second-order valence-electron chi connectivity index (χ2n) is 6.28. The summed E-state index contributed by atoms with van der Waals surface area (Å²) in [5.74, 6) is 0.898. The molecule has 122 valence electrons. The molecule has 1 N–H and O–H groups in total. The number of aromatic nitrogens is 3. The van der Waals surface area contributed by atoms with Crippen molar-refractivity contribution in [2.24, 2.45) is 0 Å². The Balaban J connectivity index is 1.38. The summed E-state index contributed by atoms with van der Waals surface area (Å²) in [6.45, 7) is 3.25. The number of pyridine rings is 1. The van der Waals surface area contributed by atoms with E-state index in [4.69, 9.17) is 0 Å². The van der Waals surface area contributed by atoms with Crippen LogP contribution in [-0.2, 0) is 6.54 Å². The van der Waals surface area contributed by atoms with Gasteiger partial charge in [0.2, 0.25) is 0 Å². The Morgan fingerprint density at radius 1 is 0.958 bits per heavy atom. The van der Waals surface area contributed by atoms with Crippen LogP contribution < -0.4 is 5.32 Å².